The minimum atomic E-state index is -0.252. The second-order valence-electron chi connectivity index (χ2n) is 7.67. The third kappa shape index (κ3) is 4.40. The van der Waals surface area contributed by atoms with E-state index in [0.717, 1.165) is 22.5 Å². The molecule has 3 aromatic rings. The Morgan fingerprint density at radius 2 is 1.80 bits per heavy atom. The number of carbonyl (C=O) groups is 2. The van der Waals surface area contributed by atoms with E-state index >= 15 is 0 Å². The lowest BCUT2D eigenvalue weighted by atomic mass is 10.0. The van der Waals surface area contributed by atoms with Crippen molar-refractivity contribution >= 4 is 17.5 Å². The minimum absolute atomic E-state index is 0.0466. The first-order valence-electron chi connectivity index (χ1n) is 9.90. The molecule has 2 aromatic heterocycles. The number of amides is 2. The minimum Gasteiger partial charge on any atom is -0.332 e. The molecule has 7 heteroatoms. The van der Waals surface area contributed by atoms with E-state index in [1.54, 1.807) is 24.1 Å². The molecular formula is C23H27N5O2. The number of carbonyl (C=O) groups excluding carboxylic acids is 2. The summed E-state index contributed by atoms with van der Waals surface area (Å²) >= 11 is 0. The molecule has 0 atom stereocenters. The van der Waals surface area contributed by atoms with Crippen LogP contribution in [0, 0.1) is 13.8 Å². The molecule has 0 saturated heterocycles. The van der Waals surface area contributed by atoms with Crippen LogP contribution in [-0.2, 0) is 4.79 Å². The normalized spacial score (nSPS) is 10.9. The van der Waals surface area contributed by atoms with Crippen molar-refractivity contribution in [2.75, 3.05) is 18.9 Å². The molecule has 1 N–H and O–H groups in total. The van der Waals surface area contributed by atoms with Gasteiger partial charge in [-0.1, -0.05) is 38.1 Å². The average molecular weight is 406 g/mol. The van der Waals surface area contributed by atoms with Crippen LogP contribution < -0.4 is 5.32 Å². The van der Waals surface area contributed by atoms with Gasteiger partial charge in [-0.15, -0.1) is 0 Å². The molecule has 0 aliphatic rings. The molecule has 30 heavy (non-hydrogen) atoms. The Morgan fingerprint density at radius 1 is 1.10 bits per heavy atom. The van der Waals surface area contributed by atoms with Gasteiger partial charge < -0.3 is 10.2 Å². The third-order valence-electron chi connectivity index (χ3n) is 4.92. The van der Waals surface area contributed by atoms with Crippen molar-refractivity contribution in [1.82, 2.24) is 19.7 Å². The van der Waals surface area contributed by atoms with Gasteiger partial charge in [0.15, 0.2) is 5.82 Å². The smallest absolute Gasteiger partial charge is 0.257 e. The van der Waals surface area contributed by atoms with Gasteiger partial charge in [0.25, 0.3) is 5.91 Å². The topological polar surface area (TPSA) is 80.1 Å². The van der Waals surface area contributed by atoms with E-state index in [1.807, 2.05) is 64.1 Å². The first-order valence-corrected chi connectivity index (χ1v) is 9.90. The zero-order valence-electron chi connectivity index (χ0n) is 18.0. The lowest BCUT2D eigenvalue weighted by Crippen LogP contribution is -2.35. The van der Waals surface area contributed by atoms with E-state index in [0.29, 0.717) is 11.4 Å². The van der Waals surface area contributed by atoms with Crippen molar-refractivity contribution in [3.8, 4) is 5.82 Å². The summed E-state index contributed by atoms with van der Waals surface area (Å²) in [4.78, 5) is 31.4. The van der Waals surface area contributed by atoms with E-state index in [1.165, 1.54) is 4.90 Å². The summed E-state index contributed by atoms with van der Waals surface area (Å²) in [6.07, 6.45) is 3.23. The van der Waals surface area contributed by atoms with Gasteiger partial charge in [-0.3, -0.25) is 9.59 Å². The quantitative estimate of drug-likeness (QED) is 0.678. The summed E-state index contributed by atoms with van der Waals surface area (Å²) in [6.45, 7) is 7.83. The largest absolute Gasteiger partial charge is 0.332 e. The van der Waals surface area contributed by atoms with Crippen LogP contribution in [0.1, 0.15) is 46.9 Å². The first-order chi connectivity index (χ1) is 14.3. The number of pyridine rings is 1. The highest BCUT2D eigenvalue weighted by molar-refractivity contribution is 6.00. The van der Waals surface area contributed by atoms with Crippen molar-refractivity contribution in [3.63, 3.8) is 0 Å². The Hall–Kier alpha value is -3.48. The maximum Gasteiger partial charge on any atom is 0.257 e. The van der Waals surface area contributed by atoms with Gasteiger partial charge in [0.2, 0.25) is 5.91 Å². The molecule has 0 aliphatic carbocycles. The Kier molecular flexibility index (Phi) is 6.30. The van der Waals surface area contributed by atoms with Crippen LogP contribution in [-0.4, -0.2) is 45.1 Å². The van der Waals surface area contributed by atoms with Crippen molar-refractivity contribution in [2.45, 2.75) is 33.6 Å². The lowest BCUT2D eigenvalue weighted by molar-refractivity contribution is -0.116. The number of para-hydroxylation sites is 1. The number of nitrogens with one attached hydrogen (secondary N) is 1. The van der Waals surface area contributed by atoms with E-state index in [9.17, 15) is 9.59 Å². The van der Waals surface area contributed by atoms with Gasteiger partial charge in [0.1, 0.15) is 0 Å². The molecule has 0 unspecified atom stereocenters. The van der Waals surface area contributed by atoms with E-state index in [2.05, 4.69) is 15.4 Å². The summed E-state index contributed by atoms with van der Waals surface area (Å²) in [6, 6.07) is 11.4. The molecular weight excluding hydrogens is 378 g/mol. The summed E-state index contributed by atoms with van der Waals surface area (Å²) in [5, 5.41) is 7.31. The highest BCUT2D eigenvalue weighted by Gasteiger charge is 2.24. The van der Waals surface area contributed by atoms with Crippen LogP contribution in [0.3, 0.4) is 0 Å². The van der Waals surface area contributed by atoms with Crippen LogP contribution in [0.4, 0.5) is 5.69 Å². The van der Waals surface area contributed by atoms with Gasteiger partial charge in [-0.25, -0.2) is 9.67 Å². The van der Waals surface area contributed by atoms with Gasteiger partial charge in [0.05, 0.1) is 24.0 Å². The Morgan fingerprint density at radius 3 is 2.40 bits per heavy atom. The van der Waals surface area contributed by atoms with Crippen molar-refractivity contribution < 1.29 is 9.59 Å². The second-order valence-corrected chi connectivity index (χ2v) is 7.67. The summed E-state index contributed by atoms with van der Waals surface area (Å²) in [5.74, 6) is 0.199. The average Bonchev–Trinajstić information content (AvgIpc) is 3.16. The van der Waals surface area contributed by atoms with Crippen LogP contribution in [0.5, 0.6) is 0 Å². The Labute approximate surface area is 176 Å². The number of likely N-dealkylation sites (N-methyl/N-ethyl adjacent to an activating group) is 1. The molecule has 2 heterocycles. The zero-order valence-corrected chi connectivity index (χ0v) is 18.0. The molecule has 3 rings (SSSR count). The van der Waals surface area contributed by atoms with Crippen molar-refractivity contribution in [3.05, 3.63) is 71.2 Å². The van der Waals surface area contributed by atoms with Crippen LogP contribution >= 0.6 is 0 Å². The monoisotopic (exact) mass is 405 g/mol. The number of benzene rings is 1. The lowest BCUT2D eigenvalue weighted by Gasteiger charge is -2.19. The standard InChI is InChI=1S/C23H27N5O2/c1-15(2)22-18(13-25-28(22)19-11-6-7-12-24-19)23(30)27(5)14-20(29)26-21-16(3)9-8-10-17(21)4/h6-13,15H,14H2,1-5H3,(H,26,29). The first kappa shape index (κ1) is 21.2. The molecule has 7 nitrogen and oxygen atoms in total. The fraction of sp³-hybridized carbons (Fsp3) is 0.304. The zero-order chi connectivity index (χ0) is 21.8. The SMILES string of the molecule is Cc1cccc(C)c1NC(=O)CN(C)C(=O)c1cnn(-c2ccccn2)c1C(C)C. The molecule has 0 bridgehead atoms. The Bertz CT molecular complexity index is 1040. The maximum atomic E-state index is 13.1. The fourth-order valence-electron chi connectivity index (χ4n) is 3.42. The van der Waals surface area contributed by atoms with Gasteiger partial charge in [-0.05, 0) is 43.0 Å². The number of nitrogens with zero attached hydrogens (tertiary/aromatic N) is 4. The molecule has 0 fully saturated rings. The third-order valence-corrected chi connectivity index (χ3v) is 4.92. The van der Waals surface area contributed by atoms with E-state index in [4.69, 9.17) is 0 Å². The highest BCUT2D eigenvalue weighted by Crippen LogP contribution is 2.23. The highest BCUT2D eigenvalue weighted by atomic mass is 16.2. The predicted molar refractivity (Wildman–Crippen MR) is 117 cm³/mol. The summed E-state index contributed by atoms with van der Waals surface area (Å²) < 4.78 is 1.68. The van der Waals surface area contributed by atoms with Crippen molar-refractivity contribution in [2.24, 2.45) is 0 Å². The molecule has 0 spiro atoms. The molecule has 2 amide bonds. The molecule has 0 aliphatic heterocycles. The van der Waals surface area contributed by atoms with Crippen LogP contribution in [0.2, 0.25) is 0 Å². The van der Waals surface area contributed by atoms with Gasteiger partial charge >= 0.3 is 0 Å². The number of aryl methyl sites for hydroxylation is 2. The van der Waals surface area contributed by atoms with E-state index in [-0.39, 0.29) is 24.3 Å². The van der Waals surface area contributed by atoms with Gasteiger partial charge in [0, 0.05) is 18.9 Å². The number of hydrogen-bond donors (Lipinski definition) is 1. The molecule has 156 valence electrons. The molecule has 0 saturated carbocycles. The van der Waals surface area contributed by atoms with Crippen LogP contribution in [0.15, 0.2) is 48.8 Å². The van der Waals surface area contributed by atoms with Crippen LogP contribution in [0.25, 0.3) is 5.82 Å². The summed E-state index contributed by atoms with van der Waals surface area (Å²) in [5.41, 5.74) is 3.99. The number of aromatic nitrogens is 3. The predicted octanol–water partition coefficient (Wildman–Crippen LogP) is 3.72. The number of hydrogen-bond acceptors (Lipinski definition) is 4. The van der Waals surface area contributed by atoms with E-state index < -0.39 is 0 Å². The number of rotatable bonds is 6. The summed E-state index contributed by atoms with van der Waals surface area (Å²) in [7, 11) is 1.62. The molecule has 0 radical (unpaired) electrons. The second kappa shape index (κ2) is 8.90. The number of anilines is 1. The maximum absolute atomic E-state index is 13.1. The Balaban J connectivity index is 1.79. The van der Waals surface area contributed by atoms with Crippen molar-refractivity contribution in [1.29, 1.82) is 0 Å². The molecule has 1 aromatic carbocycles. The van der Waals surface area contributed by atoms with Gasteiger partial charge in [-0.2, -0.15) is 5.10 Å². The fourth-order valence-corrected chi connectivity index (χ4v) is 3.42.